The smallest absolute Gasteiger partial charge is 0.256 e. The molecule has 4 aliphatic rings. The molecule has 0 bridgehead atoms. The Morgan fingerprint density at radius 1 is 1.06 bits per heavy atom. The van der Waals surface area contributed by atoms with Crippen LogP contribution in [0.25, 0.3) is 0 Å². The van der Waals surface area contributed by atoms with Crippen LogP contribution in [-0.4, -0.2) is 39.7 Å². The molecule has 0 radical (unpaired) electrons. The van der Waals surface area contributed by atoms with Crippen molar-refractivity contribution in [2.75, 3.05) is 13.1 Å². The van der Waals surface area contributed by atoms with Crippen molar-refractivity contribution in [1.29, 1.82) is 0 Å². The number of carbonyl (C=O) groups is 2. The van der Waals surface area contributed by atoms with Gasteiger partial charge in [0, 0.05) is 52.5 Å². The van der Waals surface area contributed by atoms with Crippen molar-refractivity contribution >= 4 is 23.4 Å². The fraction of sp³-hybridized carbons (Fsp3) is 0.346. The van der Waals surface area contributed by atoms with E-state index in [1.54, 1.807) is 24.5 Å². The van der Waals surface area contributed by atoms with Crippen molar-refractivity contribution in [2.45, 2.75) is 31.8 Å². The summed E-state index contributed by atoms with van der Waals surface area (Å²) in [7, 11) is 0. The van der Waals surface area contributed by atoms with Gasteiger partial charge in [-0.05, 0) is 49.1 Å². The van der Waals surface area contributed by atoms with Crippen LogP contribution in [-0.2, 0) is 10.5 Å². The first-order valence-corrected chi connectivity index (χ1v) is 11.5. The highest BCUT2D eigenvalue weighted by molar-refractivity contribution is 6.30. The van der Waals surface area contributed by atoms with E-state index in [0.717, 1.165) is 30.4 Å². The molecule has 2 aliphatic heterocycles. The SMILES string of the molecule is CC12CC=CC=C1C(=O)N1CCN(C(=O)c3ccncc3)C1(c1ccc(Cl)cc1)C21CC1. The van der Waals surface area contributed by atoms with Crippen molar-refractivity contribution < 1.29 is 9.59 Å². The summed E-state index contributed by atoms with van der Waals surface area (Å²) in [6.07, 6.45) is 12.1. The van der Waals surface area contributed by atoms with Gasteiger partial charge in [0.2, 0.25) is 0 Å². The molecular weight excluding hydrogens is 422 g/mol. The molecule has 2 aromatic rings. The minimum atomic E-state index is -0.841. The average molecular weight is 446 g/mol. The Morgan fingerprint density at radius 2 is 1.78 bits per heavy atom. The lowest BCUT2D eigenvalue weighted by Crippen LogP contribution is -2.68. The summed E-state index contributed by atoms with van der Waals surface area (Å²) in [5, 5.41) is 0.640. The molecule has 2 amide bonds. The molecular formula is C26H24ClN3O2. The molecule has 2 saturated heterocycles. The molecule has 5 nitrogen and oxygen atoms in total. The predicted octanol–water partition coefficient (Wildman–Crippen LogP) is 4.56. The molecule has 1 saturated carbocycles. The zero-order chi connectivity index (χ0) is 22.1. The summed E-state index contributed by atoms with van der Waals surface area (Å²) in [5.41, 5.74) is 0.996. The molecule has 2 aliphatic carbocycles. The van der Waals surface area contributed by atoms with Gasteiger partial charge in [0.05, 0.1) is 0 Å². The van der Waals surface area contributed by atoms with Crippen LogP contribution in [0.15, 0.2) is 72.6 Å². The third-order valence-electron chi connectivity index (χ3n) is 8.22. The number of benzene rings is 1. The molecule has 6 rings (SSSR count). The summed E-state index contributed by atoms with van der Waals surface area (Å²) in [6, 6.07) is 11.2. The van der Waals surface area contributed by atoms with Crippen molar-refractivity contribution in [3.05, 3.63) is 88.7 Å². The first kappa shape index (κ1) is 19.7. The van der Waals surface area contributed by atoms with Gasteiger partial charge in [0.1, 0.15) is 0 Å². The van der Waals surface area contributed by atoms with Crippen molar-refractivity contribution in [3.63, 3.8) is 0 Å². The van der Waals surface area contributed by atoms with Gasteiger partial charge in [0.25, 0.3) is 11.8 Å². The van der Waals surface area contributed by atoms with Crippen LogP contribution in [0, 0.1) is 10.8 Å². The number of piperidine rings is 1. The lowest BCUT2D eigenvalue weighted by Gasteiger charge is -2.60. The van der Waals surface area contributed by atoms with Gasteiger partial charge in [-0.1, -0.05) is 48.9 Å². The van der Waals surface area contributed by atoms with E-state index in [9.17, 15) is 9.59 Å². The summed E-state index contributed by atoms with van der Waals surface area (Å²) < 4.78 is 0. The summed E-state index contributed by atoms with van der Waals surface area (Å²) >= 11 is 6.25. The number of aromatic nitrogens is 1. The Labute approximate surface area is 192 Å². The first-order valence-electron chi connectivity index (χ1n) is 11.1. The highest BCUT2D eigenvalue weighted by atomic mass is 35.5. The van der Waals surface area contributed by atoms with E-state index in [2.05, 4.69) is 18.0 Å². The number of nitrogens with zero attached hydrogens (tertiary/aromatic N) is 3. The molecule has 1 aromatic carbocycles. The van der Waals surface area contributed by atoms with Crippen LogP contribution in [0.1, 0.15) is 42.1 Å². The summed E-state index contributed by atoms with van der Waals surface area (Å²) in [4.78, 5) is 35.9. The number of hydrogen-bond acceptors (Lipinski definition) is 3. The van der Waals surface area contributed by atoms with Crippen LogP contribution < -0.4 is 0 Å². The maximum atomic E-state index is 14.0. The quantitative estimate of drug-likeness (QED) is 0.681. The largest absolute Gasteiger partial charge is 0.309 e. The Balaban J connectivity index is 1.62. The van der Waals surface area contributed by atoms with Crippen LogP contribution in [0.5, 0.6) is 0 Å². The maximum Gasteiger partial charge on any atom is 0.256 e. The topological polar surface area (TPSA) is 53.5 Å². The molecule has 32 heavy (non-hydrogen) atoms. The second-order valence-electron chi connectivity index (χ2n) is 9.46. The van der Waals surface area contributed by atoms with Crippen molar-refractivity contribution in [3.8, 4) is 0 Å². The Hall–Kier alpha value is -2.92. The fourth-order valence-corrected chi connectivity index (χ4v) is 6.81. The minimum Gasteiger partial charge on any atom is -0.309 e. The number of pyridine rings is 1. The van der Waals surface area contributed by atoms with E-state index in [1.165, 1.54) is 0 Å². The lowest BCUT2D eigenvalue weighted by atomic mass is 9.55. The number of fused-ring (bicyclic) bond motifs is 4. The van der Waals surface area contributed by atoms with Gasteiger partial charge in [0.15, 0.2) is 5.66 Å². The van der Waals surface area contributed by atoms with Gasteiger partial charge in [-0.25, -0.2) is 0 Å². The average Bonchev–Trinajstić information content (AvgIpc) is 3.54. The van der Waals surface area contributed by atoms with Gasteiger partial charge in [-0.3, -0.25) is 14.6 Å². The monoisotopic (exact) mass is 445 g/mol. The summed E-state index contributed by atoms with van der Waals surface area (Å²) in [5.74, 6) is -0.0272. The standard InChI is InChI=1S/C26H24ClN3O2/c1-24-11-3-2-4-21(24)23(32)30-17-16-29(22(31)18-9-14-28-15-10-18)26(30,25(24)12-13-25)19-5-7-20(27)8-6-19/h2-10,14-15H,11-13,16-17H2,1H3. The molecule has 2 unspecified atom stereocenters. The number of halogens is 1. The van der Waals surface area contributed by atoms with Gasteiger partial charge in [-0.2, -0.15) is 0 Å². The number of hydrogen-bond donors (Lipinski definition) is 0. The van der Waals surface area contributed by atoms with E-state index >= 15 is 0 Å². The molecule has 1 aromatic heterocycles. The molecule has 2 atom stereocenters. The first-order chi connectivity index (χ1) is 15.5. The van der Waals surface area contributed by atoms with E-state index in [4.69, 9.17) is 11.6 Å². The van der Waals surface area contributed by atoms with E-state index in [1.807, 2.05) is 46.2 Å². The molecule has 3 heterocycles. The van der Waals surface area contributed by atoms with Crippen LogP contribution in [0.3, 0.4) is 0 Å². The third-order valence-corrected chi connectivity index (χ3v) is 8.47. The van der Waals surface area contributed by atoms with Gasteiger partial charge < -0.3 is 9.80 Å². The van der Waals surface area contributed by atoms with Gasteiger partial charge >= 0.3 is 0 Å². The highest BCUT2D eigenvalue weighted by Gasteiger charge is 2.79. The van der Waals surface area contributed by atoms with E-state index in [-0.39, 0.29) is 22.6 Å². The van der Waals surface area contributed by atoms with Crippen molar-refractivity contribution in [2.24, 2.45) is 10.8 Å². The van der Waals surface area contributed by atoms with E-state index in [0.29, 0.717) is 23.7 Å². The summed E-state index contributed by atoms with van der Waals surface area (Å²) in [6.45, 7) is 3.22. The number of rotatable bonds is 2. The maximum absolute atomic E-state index is 14.0. The van der Waals surface area contributed by atoms with Crippen LogP contribution in [0.4, 0.5) is 0 Å². The zero-order valence-electron chi connectivity index (χ0n) is 17.9. The van der Waals surface area contributed by atoms with Crippen molar-refractivity contribution in [1.82, 2.24) is 14.8 Å². The van der Waals surface area contributed by atoms with E-state index < -0.39 is 5.66 Å². The molecule has 162 valence electrons. The minimum absolute atomic E-state index is 0.0364. The van der Waals surface area contributed by atoms with Crippen LogP contribution in [0.2, 0.25) is 5.02 Å². The predicted molar refractivity (Wildman–Crippen MR) is 122 cm³/mol. The third kappa shape index (κ3) is 2.22. The normalized spacial score (nSPS) is 29.6. The zero-order valence-corrected chi connectivity index (χ0v) is 18.7. The molecule has 1 spiro atoms. The highest BCUT2D eigenvalue weighted by Crippen LogP contribution is 2.77. The van der Waals surface area contributed by atoms with Gasteiger partial charge in [-0.15, -0.1) is 0 Å². The second-order valence-corrected chi connectivity index (χ2v) is 9.89. The number of carbonyl (C=O) groups excluding carboxylic acids is 2. The molecule has 3 fully saturated rings. The second kappa shape index (κ2) is 6.55. The fourth-order valence-electron chi connectivity index (χ4n) is 6.68. The Morgan fingerprint density at radius 3 is 2.47 bits per heavy atom. The molecule has 0 N–H and O–H groups in total. The number of amides is 2. The molecule has 6 heteroatoms. The Kier molecular flexibility index (Phi) is 4.04. The number of allylic oxidation sites excluding steroid dienone is 3. The van der Waals surface area contributed by atoms with Crippen LogP contribution >= 0.6 is 11.6 Å². The Bertz CT molecular complexity index is 1190. The lowest BCUT2D eigenvalue weighted by molar-refractivity contribution is -0.160.